The molecule has 0 amide bonds. The van der Waals surface area contributed by atoms with Crippen molar-refractivity contribution in [2.75, 3.05) is 19.8 Å². The zero-order valence-electron chi connectivity index (χ0n) is 10.7. The number of rotatable bonds is 2. The summed E-state index contributed by atoms with van der Waals surface area (Å²) >= 11 is 3.40. The highest BCUT2D eigenvalue weighted by atomic mass is 79.9. The van der Waals surface area contributed by atoms with Crippen molar-refractivity contribution in [3.8, 4) is 17.2 Å². The molecule has 104 valence electrons. The maximum atomic E-state index is 10.4. The van der Waals surface area contributed by atoms with Crippen molar-refractivity contribution in [3.63, 3.8) is 0 Å². The molecule has 5 heteroatoms. The van der Waals surface area contributed by atoms with E-state index in [1.165, 1.54) is 0 Å². The van der Waals surface area contributed by atoms with E-state index in [0.717, 1.165) is 31.2 Å². The molecule has 2 aliphatic rings. The molecule has 0 atom stereocenters. The Morgan fingerprint density at radius 1 is 1.26 bits per heavy atom. The SMILES string of the molecule is NCC1(c2c(O)c(Br)cc3c2OCCCO3)CCC1. The summed E-state index contributed by atoms with van der Waals surface area (Å²) in [5.74, 6) is 1.63. The van der Waals surface area contributed by atoms with Gasteiger partial charge in [-0.15, -0.1) is 0 Å². The number of fused-ring (bicyclic) bond motifs is 1. The highest BCUT2D eigenvalue weighted by Crippen LogP contribution is 2.55. The summed E-state index contributed by atoms with van der Waals surface area (Å²) in [5.41, 5.74) is 6.63. The maximum Gasteiger partial charge on any atom is 0.168 e. The van der Waals surface area contributed by atoms with Gasteiger partial charge in [-0.1, -0.05) is 6.42 Å². The highest BCUT2D eigenvalue weighted by Gasteiger charge is 2.43. The summed E-state index contributed by atoms with van der Waals surface area (Å²) in [4.78, 5) is 0. The van der Waals surface area contributed by atoms with Crippen LogP contribution in [0.3, 0.4) is 0 Å². The fraction of sp³-hybridized carbons (Fsp3) is 0.571. The van der Waals surface area contributed by atoms with Crippen molar-refractivity contribution in [3.05, 3.63) is 16.1 Å². The lowest BCUT2D eigenvalue weighted by atomic mass is 9.64. The van der Waals surface area contributed by atoms with Crippen LogP contribution in [0.1, 0.15) is 31.2 Å². The molecule has 1 aliphatic carbocycles. The first kappa shape index (κ1) is 13.1. The Bertz CT molecular complexity index is 494. The first-order chi connectivity index (χ1) is 9.18. The Hall–Kier alpha value is -0.940. The molecule has 3 N–H and O–H groups in total. The van der Waals surface area contributed by atoms with Crippen molar-refractivity contribution in [1.29, 1.82) is 0 Å². The first-order valence-corrected chi connectivity index (χ1v) is 7.49. The molecule has 0 aromatic heterocycles. The molecule has 0 unspecified atom stereocenters. The smallest absolute Gasteiger partial charge is 0.168 e. The Kier molecular flexibility index (Phi) is 3.35. The molecule has 1 aliphatic heterocycles. The summed E-state index contributed by atoms with van der Waals surface area (Å²) in [7, 11) is 0. The van der Waals surface area contributed by atoms with Gasteiger partial charge in [-0.3, -0.25) is 0 Å². The van der Waals surface area contributed by atoms with Gasteiger partial charge in [0.15, 0.2) is 11.5 Å². The second-order valence-electron chi connectivity index (χ2n) is 5.30. The third-order valence-electron chi connectivity index (χ3n) is 4.20. The lowest BCUT2D eigenvalue weighted by Crippen LogP contribution is -2.42. The van der Waals surface area contributed by atoms with Crippen LogP contribution in [0.4, 0.5) is 0 Å². The monoisotopic (exact) mass is 327 g/mol. The molecule has 3 rings (SSSR count). The van der Waals surface area contributed by atoms with Crippen LogP contribution in [-0.2, 0) is 5.41 Å². The number of ether oxygens (including phenoxy) is 2. The predicted octanol–water partition coefficient (Wildman–Crippen LogP) is 2.70. The van der Waals surface area contributed by atoms with Gasteiger partial charge in [0.2, 0.25) is 0 Å². The molecule has 1 heterocycles. The molecule has 1 saturated carbocycles. The summed E-state index contributed by atoms with van der Waals surface area (Å²) in [6.07, 6.45) is 3.97. The van der Waals surface area contributed by atoms with Crippen LogP contribution in [0.2, 0.25) is 0 Å². The molecule has 1 fully saturated rings. The second-order valence-corrected chi connectivity index (χ2v) is 6.15. The van der Waals surface area contributed by atoms with E-state index in [-0.39, 0.29) is 11.2 Å². The second kappa shape index (κ2) is 4.87. The molecule has 0 saturated heterocycles. The van der Waals surface area contributed by atoms with Crippen molar-refractivity contribution in [1.82, 2.24) is 0 Å². The van der Waals surface area contributed by atoms with Gasteiger partial charge in [0.05, 0.1) is 17.7 Å². The molecule has 0 radical (unpaired) electrons. The van der Waals surface area contributed by atoms with Gasteiger partial charge in [0.25, 0.3) is 0 Å². The summed E-state index contributed by atoms with van der Waals surface area (Å²) < 4.78 is 12.2. The van der Waals surface area contributed by atoms with Gasteiger partial charge < -0.3 is 20.3 Å². The van der Waals surface area contributed by atoms with Crippen LogP contribution in [0.15, 0.2) is 10.5 Å². The number of phenols is 1. The van der Waals surface area contributed by atoms with E-state index in [2.05, 4.69) is 15.9 Å². The molecule has 19 heavy (non-hydrogen) atoms. The zero-order chi connectivity index (χ0) is 13.5. The summed E-state index contributed by atoms with van der Waals surface area (Å²) in [6.45, 7) is 1.77. The fourth-order valence-electron chi connectivity index (χ4n) is 2.92. The van der Waals surface area contributed by atoms with Crippen LogP contribution in [0.5, 0.6) is 17.2 Å². The third-order valence-corrected chi connectivity index (χ3v) is 4.80. The minimum absolute atomic E-state index is 0.161. The molecule has 1 aromatic carbocycles. The van der Waals surface area contributed by atoms with Gasteiger partial charge in [0, 0.05) is 30.0 Å². The fourth-order valence-corrected chi connectivity index (χ4v) is 3.32. The molecule has 4 nitrogen and oxygen atoms in total. The molecule has 0 bridgehead atoms. The van der Waals surface area contributed by atoms with Gasteiger partial charge >= 0.3 is 0 Å². The van der Waals surface area contributed by atoms with E-state index in [9.17, 15) is 5.11 Å². The molecular formula is C14H18BrNO3. The summed E-state index contributed by atoms with van der Waals surface area (Å²) in [6, 6.07) is 1.78. The predicted molar refractivity (Wildman–Crippen MR) is 76.0 cm³/mol. The number of halogens is 1. The average molecular weight is 328 g/mol. The van der Waals surface area contributed by atoms with Crippen molar-refractivity contribution < 1.29 is 14.6 Å². The first-order valence-electron chi connectivity index (χ1n) is 6.69. The van der Waals surface area contributed by atoms with E-state index in [0.29, 0.717) is 35.7 Å². The largest absolute Gasteiger partial charge is 0.506 e. The van der Waals surface area contributed by atoms with E-state index >= 15 is 0 Å². The lowest BCUT2D eigenvalue weighted by Gasteiger charge is -2.42. The van der Waals surface area contributed by atoms with Gasteiger partial charge in [-0.05, 0) is 28.8 Å². The van der Waals surface area contributed by atoms with Crippen LogP contribution >= 0.6 is 15.9 Å². The molecular weight excluding hydrogens is 310 g/mol. The van der Waals surface area contributed by atoms with Gasteiger partial charge in [0.1, 0.15) is 5.75 Å². The molecule has 1 aromatic rings. The minimum Gasteiger partial charge on any atom is -0.506 e. The van der Waals surface area contributed by atoms with Crippen LogP contribution in [-0.4, -0.2) is 24.9 Å². The van der Waals surface area contributed by atoms with E-state index in [4.69, 9.17) is 15.2 Å². The number of benzene rings is 1. The number of hydrogen-bond acceptors (Lipinski definition) is 4. The average Bonchev–Trinajstić information content (AvgIpc) is 2.58. The van der Waals surface area contributed by atoms with Crippen LogP contribution in [0, 0.1) is 0 Å². The number of phenolic OH excluding ortho intramolecular Hbond substituents is 1. The Balaban J connectivity index is 2.18. The van der Waals surface area contributed by atoms with Crippen LogP contribution in [0.25, 0.3) is 0 Å². The molecule has 0 spiro atoms. The van der Waals surface area contributed by atoms with Crippen LogP contribution < -0.4 is 15.2 Å². The zero-order valence-corrected chi connectivity index (χ0v) is 12.3. The topological polar surface area (TPSA) is 64.7 Å². The Morgan fingerprint density at radius 2 is 2.00 bits per heavy atom. The Morgan fingerprint density at radius 3 is 2.63 bits per heavy atom. The summed E-state index contributed by atoms with van der Waals surface area (Å²) in [5, 5.41) is 10.4. The highest BCUT2D eigenvalue weighted by molar-refractivity contribution is 9.10. The van der Waals surface area contributed by atoms with Crippen molar-refractivity contribution in [2.45, 2.75) is 31.1 Å². The van der Waals surface area contributed by atoms with Gasteiger partial charge in [-0.25, -0.2) is 0 Å². The van der Waals surface area contributed by atoms with Gasteiger partial charge in [-0.2, -0.15) is 0 Å². The minimum atomic E-state index is -0.161. The normalized spacial score (nSPS) is 20.5. The quantitative estimate of drug-likeness (QED) is 0.876. The standard InChI is InChI=1S/C14H18BrNO3/c15-9-7-10-13(19-6-2-5-18-10)11(12(9)17)14(8-16)3-1-4-14/h7,17H,1-6,8,16H2. The van der Waals surface area contributed by atoms with Crippen molar-refractivity contribution >= 4 is 15.9 Å². The Labute approximate surface area is 121 Å². The van der Waals surface area contributed by atoms with E-state index < -0.39 is 0 Å². The van der Waals surface area contributed by atoms with E-state index in [1.54, 1.807) is 6.07 Å². The van der Waals surface area contributed by atoms with E-state index in [1.807, 2.05) is 0 Å². The van der Waals surface area contributed by atoms with Crippen molar-refractivity contribution in [2.24, 2.45) is 5.73 Å². The third kappa shape index (κ3) is 1.99. The lowest BCUT2D eigenvalue weighted by molar-refractivity contribution is 0.228. The maximum absolute atomic E-state index is 10.4. The number of hydrogen-bond donors (Lipinski definition) is 2. The number of aromatic hydroxyl groups is 1. The number of nitrogens with two attached hydrogens (primary N) is 1.